The molecular formula is C16H16N2O4. The normalized spacial score (nSPS) is 15.3. The number of aromatic nitrogens is 1. The third-order valence-corrected chi connectivity index (χ3v) is 3.72. The molecule has 0 spiro atoms. The molecule has 1 aromatic carbocycles. The Bertz CT molecular complexity index is 753. The van der Waals surface area contributed by atoms with Crippen molar-refractivity contribution in [3.05, 3.63) is 36.0 Å². The van der Waals surface area contributed by atoms with Gasteiger partial charge < -0.3 is 15.2 Å². The average Bonchev–Trinajstić information content (AvgIpc) is 3.21. The number of rotatable bonds is 5. The number of carboxylic acids is 1. The first-order valence-corrected chi connectivity index (χ1v) is 7.03. The number of ether oxygens (including phenoxy) is 1. The van der Waals surface area contributed by atoms with Crippen LogP contribution < -0.4 is 10.1 Å². The minimum absolute atomic E-state index is 0.102. The maximum Gasteiger partial charge on any atom is 0.335 e. The largest absolute Gasteiger partial charge is 0.481 e. The van der Waals surface area contributed by atoms with E-state index < -0.39 is 5.97 Å². The summed E-state index contributed by atoms with van der Waals surface area (Å²) in [6, 6.07) is 6.40. The molecule has 1 fully saturated rings. The number of nitrogens with zero attached hydrogens (tertiary/aromatic N) is 1. The Kier molecular flexibility index (Phi) is 3.44. The van der Waals surface area contributed by atoms with Gasteiger partial charge in [-0.1, -0.05) is 6.07 Å². The summed E-state index contributed by atoms with van der Waals surface area (Å²) < 4.78 is 5.51. The third-order valence-electron chi connectivity index (χ3n) is 3.72. The first kappa shape index (κ1) is 14.3. The van der Waals surface area contributed by atoms with E-state index >= 15 is 0 Å². The van der Waals surface area contributed by atoms with Gasteiger partial charge in [0.15, 0.2) is 6.61 Å². The molecular weight excluding hydrogens is 284 g/mol. The summed E-state index contributed by atoms with van der Waals surface area (Å²) in [6.45, 7) is 1.82. The highest BCUT2D eigenvalue weighted by molar-refractivity contribution is 5.96. The minimum atomic E-state index is -1.05. The first-order valence-electron chi connectivity index (χ1n) is 7.03. The van der Waals surface area contributed by atoms with Crippen molar-refractivity contribution in [1.29, 1.82) is 0 Å². The molecule has 2 N–H and O–H groups in total. The molecule has 0 atom stereocenters. The van der Waals surface area contributed by atoms with Gasteiger partial charge in [-0.15, -0.1) is 0 Å². The van der Waals surface area contributed by atoms with Crippen molar-refractivity contribution in [2.45, 2.75) is 25.3 Å². The number of carboxylic acid groups (broad SMARTS) is 1. The Morgan fingerprint density at radius 3 is 2.86 bits per heavy atom. The lowest BCUT2D eigenvalue weighted by molar-refractivity contribution is -0.123. The van der Waals surface area contributed by atoms with Crippen LogP contribution in [0.3, 0.4) is 0 Å². The summed E-state index contributed by atoms with van der Waals surface area (Å²) in [5.74, 6) is -0.970. The molecule has 0 bridgehead atoms. The van der Waals surface area contributed by atoms with Crippen LogP contribution in [0.4, 0.5) is 0 Å². The number of amides is 1. The van der Waals surface area contributed by atoms with Gasteiger partial charge >= 0.3 is 5.97 Å². The lowest BCUT2D eigenvalue weighted by Crippen LogP contribution is -2.37. The highest BCUT2D eigenvalue weighted by Gasteiger charge is 2.38. The van der Waals surface area contributed by atoms with E-state index in [0.717, 1.165) is 12.8 Å². The highest BCUT2D eigenvalue weighted by atomic mass is 16.5. The second-order valence-electron chi connectivity index (χ2n) is 5.75. The van der Waals surface area contributed by atoms with Gasteiger partial charge in [-0.25, -0.2) is 4.79 Å². The van der Waals surface area contributed by atoms with Gasteiger partial charge in [0.2, 0.25) is 0 Å². The standard InChI is InChI=1S/C16H16N2O4/c1-16(4-5-16)18-13(19)9-22-12-8-11(15(20)21)7-10-3-2-6-17-14(10)12/h2-3,6-8H,4-5,9H2,1H3,(H,18,19)(H,20,21). The molecule has 1 heterocycles. The maximum atomic E-state index is 11.9. The van der Waals surface area contributed by atoms with E-state index in [-0.39, 0.29) is 23.6 Å². The number of carbonyl (C=O) groups is 2. The molecule has 0 saturated heterocycles. The van der Waals surface area contributed by atoms with Crippen LogP contribution in [0.5, 0.6) is 5.75 Å². The van der Waals surface area contributed by atoms with E-state index in [1.165, 1.54) is 12.1 Å². The Hall–Kier alpha value is -2.63. The first-order chi connectivity index (χ1) is 10.5. The molecule has 22 heavy (non-hydrogen) atoms. The van der Waals surface area contributed by atoms with Crippen LogP contribution in [-0.4, -0.2) is 34.1 Å². The van der Waals surface area contributed by atoms with Crippen molar-refractivity contribution in [2.75, 3.05) is 6.61 Å². The summed E-state index contributed by atoms with van der Waals surface area (Å²) in [4.78, 5) is 27.2. The number of hydrogen-bond acceptors (Lipinski definition) is 4. The fraction of sp³-hybridized carbons (Fsp3) is 0.312. The van der Waals surface area contributed by atoms with E-state index in [2.05, 4.69) is 10.3 Å². The number of hydrogen-bond donors (Lipinski definition) is 2. The monoisotopic (exact) mass is 300 g/mol. The van der Waals surface area contributed by atoms with Crippen LogP contribution in [0.15, 0.2) is 30.5 Å². The summed E-state index contributed by atoms with van der Waals surface area (Å²) in [5.41, 5.74) is 0.534. The summed E-state index contributed by atoms with van der Waals surface area (Å²) in [6.07, 6.45) is 3.54. The van der Waals surface area contributed by atoms with E-state index in [0.29, 0.717) is 16.7 Å². The highest BCUT2D eigenvalue weighted by Crippen LogP contribution is 2.34. The molecule has 2 aromatic rings. The van der Waals surface area contributed by atoms with Gasteiger partial charge in [0.25, 0.3) is 5.91 Å². The zero-order valence-corrected chi connectivity index (χ0v) is 12.1. The molecule has 1 saturated carbocycles. The van der Waals surface area contributed by atoms with Crippen LogP contribution >= 0.6 is 0 Å². The second kappa shape index (κ2) is 5.29. The Morgan fingerprint density at radius 1 is 1.41 bits per heavy atom. The predicted molar refractivity (Wildman–Crippen MR) is 80.0 cm³/mol. The van der Waals surface area contributed by atoms with Crippen molar-refractivity contribution in [3.63, 3.8) is 0 Å². The molecule has 1 aliphatic carbocycles. The van der Waals surface area contributed by atoms with E-state index in [9.17, 15) is 9.59 Å². The SMILES string of the molecule is CC1(NC(=O)COc2cc(C(=O)O)cc3cccnc23)CC1. The molecule has 0 radical (unpaired) electrons. The molecule has 6 nitrogen and oxygen atoms in total. The second-order valence-corrected chi connectivity index (χ2v) is 5.75. The number of nitrogens with one attached hydrogen (secondary N) is 1. The van der Waals surface area contributed by atoms with Crippen molar-refractivity contribution in [1.82, 2.24) is 10.3 Å². The van der Waals surface area contributed by atoms with Crippen LogP contribution in [0.2, 0.25) is 0 Å². The Labute approximate surface area is 127 Å². The zero-order chi connectivity index (χ0) is 15.7. The quantitative estimate of drug-likeness (QED) is 0.881. The molecule has 0 aliphatic heterocycles. The van der Waals surface area contributed by atoms with Gasteiger partial charge in [-0.05, 0) is 38.0 Å². The molecule has 114 valence electrons. The number of carbonyl (C=O) groups excluding carboxylic acids is 1. The predicted octanol–water partition coefficient (Wildman–Crippen LogP) is 1.98. The molecule has 1 aromatic heterocycles. The summed E-state index contributed by atoms with van der Waals surface area (Å²) in [7, 11) is 0. The molecule has 3 rings (SSSR count). The number of benzene rings is 1. The molecule has 1 amide bonds. The van der Waals surface area contributed by atoms with E-state index in [4.69, 9.17) is 9.84 Å². The number of aromatic carboxylic acids is 1. The van der Waals surface area contributed by atoms with Crippen LogP contribution in [-0.2, 0) is 4.79 Å². The van der Waals surface area contributed by atoms with Crippen LogP contribution in [0.25, 0.3) is 10.9 Å². The van der Waals surface area contributed by atoms with Crippen LogP contribution in [0, 0.1) is 0 Å². The zero-order valence-electron chi connectivity index (χ0n) is 12.1. The van der Waals surface area contributed by atoms with Crippen molar-refractivity contribution in [3.8, 4) is 5.75 Å². The minimum Gasteiger partial charge on any atom is -0.481 e. The number of fused-ring (bicyclic) bond motifs is 1. The molecule has 1 aliphatic rings. The van der Waals surface area contributed by atoms with E-state index in [1.807, 2.05) is 6.92 Å². The lowest BCUT2D eigenvalue weighted by Gasteiger charge is -2.13. The van der Waals surface area contributed by atoms with E-state index in [1.54, 1.807) is 18.3 Å². The fourth-order valence-electron chi connectivity index (χ4n) is 2.22. The summed E-state index contributed by atoms with van der Waals surface area (Å²) >= 11 is 0. The Morgan fingerprint density at radius 2 is 2.18 bits per heavy atom. The summed E-state index contributed by atoms with van der Waals surface area (Å²) in [5, 5.41) is 12.7. The van der Waals surface area contributed by atoms with Crippen molar-refractivity contribution in [2.24, 2.45) is 0 Å². The molecule has 0 unspecified atom stereocenters. The average molecular weight is 300 g/mol. The lowest BCUT2D eigenvalue weighted by atomic mass is 10.1. The van der Waals surface area contributed by atoms with Gasteiger partial charge in [-0.3, -0.25) is 9.78 Å². The topological polar surface area (TPSA) is 88.5 Å². The smallest absolute Gasteiger partial charge is 0.335 e. The molecule has 6 heteroatoms. The van der Waals surface area contributed by atoms with Crippen molar-refractivity contribution >= 4 is 22.8 Å². The maximum absolute atomic E-state index is 11.9. The third kappa shape index (κ3) is 3.00. The van der Waals surface area contributed by atoms with Gasteiger partial charge in [0, 0.05) is 17.1 Å². The van der Waals surface area contributed by atoms with Gasteiger partial charge in [-0.2, -0.15) is 0 Å². The fourth-order valence-corrected chi connectivity index (χ4v) is 2.22. The van der Waals surface area contributed by atoms with Gasteiger partial charge in [0.05, 0.1) is 5.56 Å². The Balaban J connectivity index is 1.82. The van der Waals surface area contributed by atoms with Crippen LogP contribution in [0.1, 0.15) is 30.1 Å². The number of pyridine rings is 1. The van der Waals surface area contributed by atoms with Gasteiger partial charge in [0.1, 0.15) is 11.3 Å². The van der Waals surface area contributed by atoms with Crippen molar-refractivity contribution < 1.29 is 19.4 Å².